The van der Waals surface area contributed by atoms with E-state index in [0.29, 0.717) is 12.3 Å². The summed E-state index contributed by atoms with van der Waals surface area (Å²) in [6.45, 7) is 2.62. The summed E-state index contributed by atoms with van der Waals surface area (Å²) in [7, 11) is 0. The zero-order chi connectivity index (χ0) is 11.8. The second-order valence-electron chi connectivity index (χ2n) is 4.68. The minimum Gasteiger partial charge on any atom is -0.508 e. The molecule has 88 valence electrons. The summed E-state index contributed by atoms with van der Waals surface area (Å²) in [5, 5.41) is 9.85. The number of aromatic hydroxyl groups is 1. The van der Waals surface area contributed by atoms with E-state index >= 15 is 0 Å². The number of aryl methyl sites for hydroxylation is 1. The van der Waals surface area contributed by atoms with Crippen LogP contribution in [0.3, 0.4) is 0 Å². The first kappa shape index (κ1) is 11.8. The molecule has 0 radical (unpaired) electrons. The van der Waals surface area contributed by atoms with Crippen LogP contribution in [0.2, 0.25) is 0 Å². The Kier molecular flexibility index (Phi) is 3.17. The molecule has 0 heterocycles. The molecule has 2 rings (SSSR count). The highest BCUT2D eigenvalue weighted by Gasteiger charge is 2.39. The Balaban J connectivity index is 2.50. The number of hydrogen-bond donors (Lipinski definition) is 2. The van der Waals surface area contributed by atoms with Gasteiger partial charge in [0.1, 0.15) is 5.75 Å². The smallest absolute Gasteiger partial charge is 0.118 e. The lowest BCUT2D eigenvalue weighted by Gasteiger charge is -2.42. The molecule has 1 fully saturated rings. The Bertz CT molecular complexity index is 394. The molecule has 0 aliphatic heterocycles. The molecule has 0 aromatic heterocycles. The normalized spacial score (nSPS) is 18.2. The van der Waals surface area contributed by atoms with Crippen molar-refractivity contribution >= 4 is 11.8 Å². The largest absolute Gasteiger partial charge is 0.508 e. The molecular formula is C13H19NOS. The van der Waals surface area contributed by atoms with Gasteiger partial charge in [-0.05, 0) is 49.3 Å². The summed E-state index contributed by atoms with van der Waals surface area (Å²) < 4.78 is 0. The standard InChI is InChI=1S/C13H19NOS/c1-9-6-12(16-2)10(7-11(9)15)13(8-14)4-3-5-13/h6-7,15H,3-5,8,14H2,1-2H3. The maximum atomic E-state index is 9.85. The quantitative estimate of drug-likeness (QED) is 0.795. The zero-order valence-corrected chi connectivity index (χ0v) is 10.7. The Morgan fingerprint density at radius 2 is 2.12 bits per heavy atom. The van der Waals surface area contributed by atoms with Gasteiger partial charge in [0.05, 0.1) is 0 Å². The second kappa shape index (κ2) is 4.30. The van der Waals surface area contributed by atoms with Crippen LogP contribution in [-0.4, -0.2) is 17.9 Å². The molecule has 1 aliphatic carbocycles. The number of rotatable bonds is 3. The fourth-order valence-corrected chi connectivity index (χ4v) is 3.23. The molecule has 0 atom stereocenters. The van der Waals surface area contributed by atoms with Gasteiger partial charge in [-0.3, -0.25) is 0 Å². The van der Waals surface area contributed by atoms with Crippen molar-refractivity contribution in [3.8, 4) is 5.75 Å². The lowest BCUT2D eigenvalue weighted by Crippen LogP contribution is -2.41. The molecule has 0 saturated heterocycles. The molecule has 2 nitrogen and oxygen atoms in total. The second-order valence-corrected chi connectivity index (χ2v) is 5.53. The van der Waals surface area contributed by atoms with Crippen LogP contribution in [0.25, 0.3) is 0 Å². The van der Waals surface area contributed by atoms with Gasteiger partial charge >= 0.3 is 0 Å². The third-order valence-corrected chi connectivity index (χ3v) is 4.57. The molecular weight excluding hydrogens is 218 g/mol. The molecule has 0 spiro atoms. The van der Waals surface area contributed by atoms with Gasteiger partial charge in [0, 0.05) is 16.9 Å². The topological polar surface area (TPSA) is 46.2 Å². The van der Waals surface area contributed by atoms with E-state index in [-0.39, 0.29) is 5.41 Å². The highest BCUT2D eigenvalue weighted by Crippen LogP contribution is 2.47. The molecule has 0 unspecified atom stereocenters. The van der Waals surface area contributed by atoms with Crippen molar-refractivity contribution in [2.45, 2.75) is 36.5 Å². The Hall–Kier alpha value is -0.670. The third kappa shape index (κ3) is 1.72. The summed E-state index contributed by atoms with van der Waals surface area (Å²) in [5.74, 6) is 0.396. The summed E-state index contributed by atoms with van der Waals surface area (Å²) in [5.41, 5.74) is 8.24. The van der Waals surface area contributed by atoms with Gasteiger partial charge < -0.3 is 10.8 Å². The Morgan fingerprint density at radius 3 is 2.56 bits per heavy atom. The fraction of sp³-hybridized carbons (Fsp3) is 0.538. The first-order valence-corrected chi connectivity index (χ1v) is 6.93. The Labute approximate surface area is 101 Å². The van der Waals surface area contributed by atoms with Gasteiger partial charge in [-0.25, -0.2) is 0 Å². The lowest BCUT2D eigenvalue weighted by molar-refractivity contribution is 0.248. The average molecular weight is 237 g/mol. The monoisotopic (exact) mass is 237 g/mol. The molecule has 0 bridgehead atoms. The summed E-state index contributed by atoms with van der Waals surface area (Å²) in [6.07, 6.45) is 5.64. The van der Waals surface area contributed by atoms with Gasteiger partial charge in [-0.2, -0.15) is 0 Å². The van der Waals surface area contributed by atoms with E-state index in [1.807, 2.05) is 13.0 Å². The van der Waals surface area contributed by atoms with Crippen molar-refractivity contribution in [3.63, 3.8) is 0 Å². The van der Waals surface area contributed by atoms with E-state index in [1.165, 1.54) is 16.9 Å². The maximum absolute atomic E-state index is 9.85. The van der Waals surface area contributed by atoms with E-state index in [1.54, 1.807) is 11.8 Å². The number of thioether (sulfide) groups is 1. The molecule has 1 saturated carbocycles. The molecule has 3 heteroatoms. The van der Waals surface area contributed by atoms with Crippen LogP contribution in [0.1, 0.15) is 30.4 Å². The highest BCUT2D eigenvalue weighted by atomic mass is 32.2. The molecule has 1 aliphatic rings. The van der Waals surface area contributed by atoms with Gasteiger partial charge in [-0.15, -0.1) is 11.8 Å². The van der Waals surface area contributed by atoms with Gasteiger partial charge in [-0.1, -0.05) is 6.42 Å². The minimum absolute atomic E-state index is 0.128. The van der Waals surface area contributed by atoms with Crippen molar-refractivity contribution in [1.29, 1.82) is 0 Å². The van der Waals surface area contributed by atoms with Crippen molar-refractivity contribution in [2.75, 3.05) is 12.8 Å². The van der Waals surface area contributed by atoms with Crippen LogP contribution in [0, 0.1) is 6.92 Å². The zero-order valence-electron chi connectivity index (χ0n) is 9.92. The van der Waals surface area contributed by atoms with Crippen molar-refractivity contribution < 1.29 is 5.11 Å². The van der Waals surface area contributed by atoms with Gasteiger partial charge in [0.2, 0.25) is 0 Å². The first-order chi connectivity index (χ1) is 7.63. The van der Waals surface area contributed by atoms with Crippen molar-refractivity contribution in [2.24, 2.45) is 5.73 Å². The molecule has 1 aromatic carbocycles. The fourth-order valence-electron chi connectivity index (χ4n) is 2.44. The molecule has 16 heavy (non-hydrogen) atoms. The van der Waals surface area contributed by atoms with Crippen LogP contribution >= 0.6 is 11.8 Å². The van der Waals surface area contributed by atoms with Gasteiger partial charge in [0.15, 0.2) is 0 Å². The molecule has 3 N–H and O–H groups in total. The van der Waals surface area contributed by atoms with E-state index in [4.69, 9.17) is 5.73 Å². The molecule has 0 amide bonds. The number of phenols is 1. The minimum atomic E-state index is 0.128. The van der Waals surface area contributed by atoms with Crippen LogP contribution in [0.5, 0.6) is 5.75 Å². The average Bonchev–Trinajstić information content (AvgIpc) is 2.22. The van der Waals surface area contributed by atoms with Crippen LogP contribution < -0.4 is 5.73 Å². The third-order valence-electron chi connectivity index (χ3n) is 3.79. The van der Waals surface area contributed by atoms with Crippen LogP contribution in [0.15, 0.2) is 17.0 Å². The Morgan fingerprint density at radius 1 is 1.44 bits per heavy atom. The lowest BCUT2D eigenvalue weighted by atomic mass is 9.64. The number of nitrogens with two attached hydrogens (primary N) is 1. The summed E-state index contributed by atoms with van der Waals surface area (Å²) in [4.78, 5) is 1.26. The van der Waals surface area contributed by atoms with Crippen molar-refractivity contribution in [3.05, 3.63) is 23.3 Å². The highest BCUT2D eigenvalue weighted by molar-refractivity contribution is 7.98. The van der Waals surface area contributed by atoms with E-state index in [0.717, 1.165) is 18.4 Å². The number of hydrogen-bond acceptors (Lipinski definition) is 3. The van der Waals surface area contributed by atoms with Crippen LogP contribution in [0.4, 0.5) is 0 Å². The van der Waals surface area contributed by atoms with Crippen LogP contribution in [-0.2, 0) is 5.41 Å². The predicted octanol–water partition coefficient (Wildman–Crippen LogP) is 2.80. The van der Waals surface area contributed by atoms with Crippen molar-refractivity contribution in [1.82, 2.24) is 0 Å². The summed E-state index contributed by atoms with van der Waals surface area (Å²) >= 11 is 1.74. The van der Waals surface area contributed by atoms with Gasteiger partial charge in [0.25, 0.3) is 0 Å². The molecule has 1 aromatic rings. The number of benzene rings is 1. The summed E-state index contributed by atoms with van der Waals surface area (Å²) in [6, 6.07) is 4.00. The van der Waals surface area contributed by atoms with E-state index < -0.39 is 0 Å². The number of phenolic OH excluding ortho intramolecular Hbond substituents is 1. The SMILES string of the molecule is CSc1cc(C)c(O)cc1C1(CN)CCC1. The first-order valence-electron chi connectivity index (χ1n) is 5.71. The van der Waals surface area contributed by atoms with E-state index in [2.05, 4.69) is 12.3 Å². The predicted molar refractivity (Wildman–Crippen MR) is 69.2 cm³/mol. The maximum Gasteiger partial charge on any atom is 0.118 e. The van der Waals surface area contributed by atoms with E-state index in [9.17, 15) is 5.11 Å².